The molecule has 4 nitrogen and oxygen atoms in total. The van der Waals surface area contributed by atoms with Crippen molar-refractivity contribution >= 4 is 16.7 Å². The van der Waals surface area contributed by atoms with E-state index in [0.717, 1.165) is 16.5 Å². The topological polar surface area (TPSA) is 54.0 Å². The van der Waals surface area contributed by atoms with Crippen molar-refractivity contribution in [3.63, 3.8) is 0 Å². The Morgan fingerprint density at radius 1 is 1.28 bits per heavy atom. The minimum atomic E-state index is 0.0408. The van der Waals surface area contributed by atoms with Crippen LogP contribution < -0.4 is 10.6 Å². The molecule has 0 atom stereocenters. The lowest BCUT2D eigenvalue weighted by atomic mass is 10.1. The molecule has 1 heterocycles. The standard InChI is InChI=1S/C14H17N3O/c1-15-8-7-14(18)17-10-13-12-5-3-2-4-11(12)6-9-16-13/h2-6,9,15H,7-8,10H2,1H3,(H,17,18). The van der Waals surface area contributed by atoms with E-state index in [9.17, 15) is 4.79 Å². The second kappa shape index (κ2) is 6.12. The molecule has 4 heteroatoms. The SMILES string of the molecule is CNCCC(=O)NCc1nccc2ccccc12. The number of aromatic nitrogens is 1. The highest BCUT2D eigenvalue weighted by molar-refractivity contribution is 5.84. The van der Waals surface area contributed by atoms with Gasteiger partial charge in [-0.3, -0.25) is 9.78 Å². The molecule has 2 rings (SSSR count). The third-order valence-electron chi connectivity index (χ3n) is 2.81. The van der Waals surface area contributed by atoms with Crippen molar-refractivity contribution in [3.8, 4) is 0 Å². The number of nitrogens with one attached hydrogen (secondary N) is 2. The van der Waals surface area contributed by atoms with Gasteiger partial charge in [0.05, 0.1) is 12.2 Å². The summed E-state index contributed by atoms with van der Waals surface area (Å²) in [5.41, 5.74) is 0.908. The van der Waals surface area contributed by atoms with Gasteiger partial charge in [-0.2, -0.15) is 0 Å². The first-order valence-electron chi connectivity index (χ1n) is 6.05. The molecule has 0 aliphatic heterocycles. The quantitative estimate of drug-likeness (QED) is 0.836. The number of amides is 1. The largest absolute Gasteiger partial charge is 0.350 e. The molecule has 0 bridgehead atoms. The molecule has 0 saturated carbocycles. The molecule has 1 aromatic heterocycles. The molecule has 0 radical (unpaired) electrons. The maximum atomic E-state index is 11.5. The first-order chi connectivity index (χ1) is 8.81. The lowest BCUT2D eigenvalue weighted by Gasteiger charge is -2.07. The number of hydrogen-bond acceptors (Lipinski definition) is 3. The van der Waals surface area contributed by atoms with Gasteiger partial charge in [0.2, 0.25) is 5.91 Å². The van der Waals surface area contributed by atoms with Gasteiger partial charge in [-0.1, -0.05) is 24.3 Å². The molecule has 1 aromatic carbocycles. The smallest absolute Gasteiger partial charge is 0.221 e. The number of pyridine rings is 1. The Morgan fingerprint density at radius 3 is 2.94 bits per heavy atom. The predicted molar refractivity (Wildman–Crippen MR) is 72.1 cm³/mol. The molecule has 2 aromatic rings. The van der Waals surface area contributed by atoms with E-state index in [0.29, 0.717) is 19.5 Å². The first kappa shape index (κ1) is 12.5. The van der Waals surface area contributed by atoms with Crippen molar-refractivity contribution in [2.24, 2.45) is 0 Å². The monoisotopic (exact) mass is 243 g/mol. The number of benzene rings is 1. The first-order valence-corrected chi connectivity index (χ1v) is 6.05. The highest BCUT2D eigenvalue weighted by Gasteiger charge is 2.04. The zero-order valence-corrected chi connectivity index (χ0v) is 10.4. The average molecular weight is 243 g/mol. The Bertz CT molecular complexity index is 534. The van der Waals surface area contributed by atoms with Gasteiger partial charge in [0.25, 0.3) is 0 Å². The lowest BCUT2D eigenvalue weighted by Crippen LogP contribution is -2.26. The number of hydrogen-bond donors (Lipinski definition) is 2. The summed E-state index contributed by atoms with van der Waals surface area (Å²) in [6.07, 6.45) is 2.26. The van der Waals surface area contributed by atoms with Crippen molar-refractivity contribution in [2.75, 3.05) is 13.6 Å². The zero-order valence-electron chi connectivity index (χ0n) is 10.4. The highest BCUT2D eigenvalue weighted by Crippen LogP contribution is 2.15. The normalized spacial score (nSPS) is 10.5. The summed E-state index contributed by atoms with van der Waals surface area (Å²) < 4.78 is 0. The van der Waals surface area contributed by atoms with E-state index in [1.54, 1.807) is 6.20 Å². The van der Waals surface area contributed by atoms with Crippen molar-refractivity contribution in [2.45, 2.75) is 13.0 Å². The third-order valence-corrected chi connectivity index (χ3v) is 2.81. The van der Waals surface area contributed by atoms with Gasteiger partial charge < -0.3 is 10.6 Å². The van der Waals surface area contributed by atoms with Crippen LogP contribution in [0.5, 0.6) is 0 Å². The summed E-state index contributed by atoms with van der Waals surface area (Å²) in [5, 5.41) is 8.07. The van der Waals surface area contributed by atoms with E-state index in [1.165, 1.54) is 0 Å². The molecule has 0 saturated heterocycles. The van der Waals surface area contributed by atoms with Crippen LogP contribution in [0.1, 0.15) is 12.1 Å². The van der Waals surface area contributed by atoms with Crippen LogP contribution in [0.2, 0.25) is 0 Å². The number of carbonyl (C=O) groups excluding carboxylic acids is 1. The van der Waals surface area contributed by atoms with Crippen molar-refractivity contribution in [1.82, 2.24) is 15.6 Å². The van der Waals surface area contributed by atoms with Crippen molar-refractivity contribution in [3.05, 3.63) is 42.2 Å². The highest BCUT2D eigenvalue weighted by atomic mass is 16.1. The fraction of sp³-hybridized carbons (Fsp3) is 0.286. The molecular weight excluding hydrogens is 226 g/mol. The van der Waals surface area contributed by atoms with Crippen LogP contribution in [0.4, 0.5) is 0 Å². The van der Waals surface area contributed by atoms with Crippen molar-refractivity contribution in [1.29, 1.82) is 0 Å². The molecule has 94 valence electrons. The van der Waals surface area contributed by atoms with Gasteiger partial charge in [-0.05, 0) is 18.5 Å². The Kier molecular flexibility index (Phi) is 4.25. The second-order valence-electron chi connectivity index (χ2n) is 4.11. The second-order valence-corrected chi connectivity index (χ2v) is 4.11. The third kappa shape index (κ3) is 3.05. The molecule has 0 unspecified atom stereocenters. The van der Waals surface area contributed by atoms with Crippen LogP contribution in [-0.4, -0.2) is 24.5 Å². The summed E-state index contributed by atoms with van der Waals surface area (Å²) in [7, 11) is 1.83. The summed E-state index contributed by atoms with van der Waals surface area (Å²) in [4.78, 5) is 15.9. The number of nitrogens with zero attached hydrogens (tertiary/aromatic N) is 1. The minimum absolute atomic E-state index is 0.0408. The summed E-state index contributed by atoms with van der Waals surface area (Å²) in [5.74, 6) is 0.0408. The fourth-order valence-corrected chi connectivity index (χ4v) is 1.83. The molecule has 1 amide bonds. The summed E-state index contributed by atoms with van der Waals surface area (Å²) in [6, 6.07) is 10.0. The van der Waals surface area contributed by atoms with E-state index in [-0.39, 0.29) is 5.91 Å². The van der Waals surface area contributed by atoms with Gasteiger partial charge in [0.1, 0.15) is 0 Å². The molecule has 0 spiro atoms. The van der Waals surface area contributed by atoms with Crippen LogP contribution >= 0.6 is 0 Å². The van der Waals surface area contributed by atoms with E-state index in [4.69, 9.17) is 0 Å². The van der Waals surface area contributed by atoms with Crippen LogP contribution in [0.25, 0.3) is 10.8 Å². The molecule has 18 heavy (non-hydrogen) atoms. The fourth-order valence-electron chi connectivity index (χ4n) is 1.83. The Labute approximate surface area is 106 Å². The average Bonchev–Trinajstić information content (AvgIpc) is 2.42. The van der Waals surface area contributed by atoms with Gasteiger partial charge in [0, 0.05) is 24.5 Å². The van der Waals surface area contributed by atoms with Crippen LogP contribution in [0.3, 0.4) is 0 Å². The van der Waals surface area contributed by atoms with Gasteiger partial charge in [0.15, 0.2) is 0 Å². The Balaban J connectivity index is 2.05. The van der Waals surface area contributed by atoms with Crippen LogP contribution in [-0.2, 0) is 11.3 Å². The molecule has 0 fully saturated rings. The van der Waals surface area contributed by atoms with Gasteiger partial charge in [-0.15, -0.1) is 0 Å². The Hall–Kier alpha value is -1.94. The number of rotatable bonds is 5. The van der Waals surface area contributed by atoms with Gasteiger partial charge in [-0.25, -0.2) is 0 Å². The summed E-state index contributed by atoms with van der Waals surface area (Å²) in [6.45, 7) is 1.17. The predicted octanol–water partition coefficient (Wildman–Crippen LogP) is 1.46. The molecular formula is C14H17N3O. The van der Waals surface area contributed by atoms with E-state index < -0.39 is 0 Å². The number of fused-ring (bicyclic) bond motifs is 1. The van der Waals surface area contributed by atoms with E-state index in [1.807, 2.05) is 37.4 Å². The molecule has 2 N–H and O–H groups in total. The number of carbonyl (C=O) groups is 1. The Morgan fingerprint density at radius 2 is 2.11 bits per heavy atom. The maximum absolute atomic E-state index is 11.5. The van der Waals surface area contributed by atoms with Crippen molar-refractivity contribution < 1.29 is 4.79 Å². The van der Waals surface area contributed by atoms with E-state index >= 15 is 0 Å². The van der Waals surface area contributed by atoms with Crippen LogP contribution in [0, 0.1) is 0 Å². The van der Waals surface area contributed by atoms with E-state index in [2.05, 4.69) is 15.6 Å². The molecule has 0 aliphatic rings. The van der Waals surface area contributed by atoms with Gasteiger partial charge >= 0.3 is 0 Å². The molecule has 0 aliphatic carbocycles. The zero-order chi connectivity index (χ0) is 12.8. The maximum Gasteiger partial charge on any atom is 0.221 e. The summed E-state index contributed by atoms with van der Waals surface area (Å²) >= 11 is 0. The lowest BCUT2D eigenvalue weighted by molar-refractivity contribution is -0.121. The van der Waals surface area contributed by atoms with Crippen LogP contribution in [0.15, 0.2) is 36.5 Å². The minimum Gasteiger partial charge on any atom is -0.350 e.